The lowest BCUT2D eigenvalue weighted by molar-refractivity contribution is -0.118. The van der Waals surface area contributed by atoms with Gasteiger partial charge in [-0.1, -0.05) is 36.0 Å². The highest BCUT2D eigenvalue weighted by Gasteiger charge is 2.14. The topological polar surface area (TPSA) is 133 Å². The van der Waals surface area contributed by atoms with Crippen molar-refractivity contribution in [2.24, 2.45) is 5.14 Å². The van der Waals surface area contributed by atoms with Crippen molar-refractivity contribution >= 4 is 27.7 Å². The smallest absolute Gasteiger partial charge is 0.238 e. The first kappa shape index (κ1) is 21.9. The van der Waals surface area contributed by atoms with Crippen molar-refractivity contribution in [1.82, 2.24) is 25.5 Å². The number of thioether (sulfide) groups is 1. The third-order valence-electron chi connectivity index (χ3n) is 4.57. The van der Waals surface area contributed by atoms with E-state index in [0.29, 0.717) is 18.1 Å². The molecule has 0 unspecified atom stereocenters. The molecule has 0 fully saturated rings. The summed E-state index contributed by atoms with van der Waals surface area (Å²) < 4.78 is 24.2. The molecule has 30 heavy (non-hydrogen) atoms. The van der Waals surface area contributed by atoms with Crippen LogP contribution in [0, 0.1) is 13.8 Å². The zero-order chi connectivity index (χ0) is 21.7. The van der Waals surface area contributed by atoms with Crippen LogP contribution in [0.4, 0.5) is 0 Å². The van der Waals surface area contributed by atoms with E-state index in [2.05, 4.69) is 20.8 Å². The molecule has 0 spiro atoms. The molecule has 1 aromatic heterocycles. The monoisotopic (exact) mass is 446 g/mol. The Morgan fingerprint density at radius 2 is 1.90 bits per heavy atom. The van der Waals surface area contributed by atoms with Crippen molar-refractivity contribution in [2.75, 3.05) is 12.3 Å². The van der Waals surface area contributed by atoms with E-state index in [1.807, 2.05) is 32.0 Å². The molecule has 11 heteroatoms. The molecule has 0 radical (unpaired) electrons. The Morgan fingerprint density at radius 1 is 1.17 bits per heavy atom. The third-order valence-corrected chi connectivity index (χ3v) is 6.41. The number of carbonyl (C=O) groups is 1. The molecule has 3 N–H and O–H groups in total. The number of nitrogens with two attached hydrogens (primary N) is 1. The molecule has 3 aromatic rings. The first-order valence-corrected chi connectivity index (χ1v) is 11.6. The maximum absolute atomic E-state index is 12.2. The van der Waals surface area contributed by atoms with Gasteiger partial charge in [0.05, 0.1) is 16.3 Å². The Hall–Kier alpha value is -2.76. The van der Waals surface area contributed by atoms with E-state index in [9.17, 15) is 13.2 Å². The lowest BCUT2D eigenvalue weighted by Gasteiger charge is -2.09. The van der Waals surface area contributed by atoms with Crippen molar-refractivity contribution in [3.63, 3.8) is 0 Å². The SMILES string of the molecule is Cc1cccc(-n2nnnc2SCC(=O)NCCc2ccc(S(N)(=O)=O)cc2)c1C. The molecule has 0 aliphatic carbocycles. The highest BCUT2D eigenvalue weighted by atomic mass is 32.2. The van der Waals surface area contributed by atoms with Crippen molar-refractivity contribution in [1.29, 1.82) is 0 Å². The molecule has 1 amide bonds. The van der Waals surface area contributed by atoms with Crippen LogP contribution in [0.25, 0.3) is 5.69 Å². The predicted molar refractivity (Wildman–Crippen MR) is 114 cm³/mol. The Bertz CT molecular complexity index is 1140. The van der Waals surface area contributed by atoms with Gasteiger partial charge >= 0.3 is 0 Å². The minimum Gasteiger partial charge on any atom is -0.355 e. The highest BCUT2D eigenvalue weighted by Crippen LogP contribution is 2.22. The average Bonchev–Trinajstić information content (AvgIpc) is 3.16. The van der Waals surface area contributed by atoms with E-state index in [1.54, 1.807) is 16.8 Å². The predicted octanol–water partition coefficient (Wildman–Crippen LogP) is 1.38. The summed E-state index contributed by atoms with van der Waals surface area (Å²) in [5.74, 6) is 0.0342. The minimum atomic E-state index is -3.70. The highest BCUT2D eigenvalue weighted by molar-refractivity contribution is 7.99. The summed E-state index contributed by atoms with van der Waals surface area (Å²) in [6.45, 7) is 4.45. The van der Waals surface area contributed by atoms with Crippen molar-refractivity contribution in [2.45, 2.75) is 30.3 Å². The Balaban J connectivity index is 1.51. The van der Waals surface area contributed by atoms with Crippen LogP contribution in [0.3, 0.4) is 0 Å². The minimum absolute atomic E-state index is 0.0632. The number of primary sulfonamides is 1. The molecule has 158 valence electrons. The molecule has 0 atom stereocenters. The number of aromatic nitrogens is 4. The molecule has 2 aromatic carbocycles. The number of hydrogen-bond acceptors (Lipinski definition) is 7. The van der Waals surface area contributed by atoms with Crippen LogP contribution in [-0.4, -0.2) is 46.8 Å². The fourth-order valence-electron chi connectivity index (χ4n) is 2.76. The second-order valence-corrected chi connectivity index (χ2v) is 9.17. The third kappa shape index (κ3) is 5.43. The van der Waals surface area contributed by atoms with Gasteiger partial charge in [0.1, 0.15) is 0 Å². The Kier molecular flexibility index (Phi) is 6.85. The van der Waals surface area contributed by atoms with Gasteiger partial charge in [-0.05, 0) is 65.6 Å². The van der Waals surface area contributed by atoms with Gasteiger partial charge in [0.2, 0.25) is 21.1 Å². The number of sulfonamides is 1. The summed E-state index contributed by atoms with van der Waals surface area (Å²) in [6.07, 6.45) is 0.571. The molecule has 3 rings (SSSR count). The van der Waals surface area contributed by atoms with Crippen molar-refractivity contribution < 1.29 is 13.2 Å². The Morgan fingerprint density at radius 3 is 2.60 bits per heavy atom. The summed E-state index contributed by atoms with van der Waals surface area (Å²) in [6, 6.07) is 12.2. The van der Waals surface area contributed by atoms with Crippen LogP contribution in [-0.2, 0) is 21.2 Å². The second kappa shape index (κ2) is 9.37. The fourth-order valence-corrected chi connectivity index (χ4v) is 3.99. The van der Waals surface area contributed by atoms with Gasteiger partial charge in [-0.2, -0.15) is 4.68 Å². The standard InChI is InChI=1S/C19H22N6O3S2/c1-13-4-3-5-17(14(13)2)25-19(22-23-24-25)29-12-18(26)21-11-10-15-6-8-16(9-7-15)30(20,27)28/h3-9H,10-12H2,1-2H3,(H,21,26)(H2,20,27,28). The largest absolute Gasteiger partial charge is 0.355 e. The Labute approximate surface area is 179 Å². The summed E-state index contributed by atoms with van der Waals surface area (Å²) in [4.78, 5) is 12.2. The number of benzene rings is 2. The molecule has 0 saturated heterocycles. The summed E-state index contributed by atoms with van der Waals surface area (Å²) in [5.41, 5.74) is 3.98. The summed E-state index contributed by atoms with van der Waals surface area (Å²) in [7, 11) is -3.70. The molecular weight excluding hydrogens is 424 g/mol. The van der Waals surface area contributed by atoms with Crippen LogP contribution in [0.15, 0.2) is 52.5 Å². The van der Waals surface area contributed by atoms with Crippen LogP contribution >= 0.6 is 11.8 Å². The number of aryl methyl sites for hydroxylation is 1. The van der Waals surface area contributed by atoms with Gasteiger partial charge < -0.3 is 5.32 Å². The molecule has 0 saturated carbocycles. The van der Waals surface area contributed by atoms with Gasteiger partial charge in [0.25, 0.3) is 0 Å². The first-order chi connectivity index (χ1) is 14.3. The lowest BCUT2D eigenvalue weighted by atomic mass is 10.1. The quantitative estimate of drug-likeness (QED) is 0.499. The number of nitrogens with zero attached hydrogens (tertiary/aromatic N) is 4. The van der Waals surface area contributed by atoms with E-state index in [1.165, 1.54) is 23.9 Å². The molecule has 9 nitrogen and oxygen atoms in total. The zero-order valence-electron chi connectivity index (χ0n) is 16.6. The normalized spacial score (nSPS) is 11.4. The number of amides is 1. The van der Waals surface area contributed by atoms with Crippen LogP contribution in [0.5, 0.6) is 0 Å². The molecular formula is C19H22N6O3S2. The number of nitrogens with one attached hydrogen (secondary N) is 1. The summed E-state index contributed by atoms with van der Waals surface area (Å²) >= 11 is 1.26. The average molecular weight is 447 g/mol. The number of hydrogen-bond donors (Lipinski definition) is 2. The first-order valence-electron chi connectivity index (χ1n) is 9.12. The van der Waals surface area contributed by atoms with E-state index in [4.69, 9.17) is 5.14 Å². The van der Waals surface area contributed by atoms with E-state index in [-0.39, 0.29) is 16.6 Å². The van der Waals surface area contributed by atoms with E-state index < -0.39 is 10.0 Å². The second-order valence-electron chi connectivity index (χ2n) is 6.67. The van der Waals surface area contributed by atoms with Crippen LogP contribution in [0.2, 0.25) is 0 Å². The zero-order valence-corrected chi connectivity index (χ0v) is 18.2. The maximum atomic E-state index is 12.2. The van der Waals surface area contributed by atoms with E-state index >= 15 is 0 Å². The van der Waals surface area contributed by atoms with Gasteiger partial charge in [-0.15, -0.1) is 5.10 Å². The van der Waals surface area contributed by atoms with Gasteiger partial charge in [-0.25, -0.2) is 13.6 Å². The molecule has 0 aliphatic rings. The van der Waals surface area contributed by atoms with Crippen molar-refractivity contribution in [3.8, 4) is 5.69 Å². The maximum Gasteiger partial charge on any atom is 0.238 e. The van der Waals surface area contributed by atoms with Gasteiger partial charge in [0, 0.05) is 6.54 Å². The molecule has 0 aliphatic heterocycles. The molecule has 0 bridgehead atoms. The summed E-state index contributed by atoms with van der Waals surface area (Å²) in [5, 5.41) is 20.3. The van der Waals surface area contributed by atoms with Gasteiger partial charge in [-0.3, -0.25) is 4.79 Å². The van der Waals surface area contributed by atoms with Crippen molar-refractivity contribution in [3.05, 3.63) is 59.2 Å². The van der Waals surface area contributed by atoms with Crippen LogP contribution in [0.1, 0.15) is 16.7 Å². The van der Waals surface area contributed by atoms with E-state index in [0.717, 1.165) is 22.4 Å². The number of rotatable bonds is 8. The lowest BCUT2D eigenvalue weighted by Crippen LogP contribution is -2.27. The number of carbonyl (C=O) groups excluding carboxylic acids is 1. The number of tetrazole rings is 1. The fraction of sp³-hybridized carbons (Fsp3) is 0.263. The van der Waals surface area contributed by atoms with Crippen LogP contribution < -0.4 is 10.5 Å². The molecule has 1 heterocycles. The van der Waals surface area contributed by atoms with Gasteiger partial charge in [0.15, 0.2) is 0 Å².